The monoisotopic (exact) mass is 342 g/mol. The van der Waals surface area contributed by atoms with E-state index in [4.69, 9.17) is 5.11 Å². The van der Waals surface area contributed by atoms with Crippen LogP contribution in [0.1, 0.15) is 29.8 Å². The average Bonchev–Trinajstić information content (AvgIpc) is 3.38. The molecule has 0 aliphatic heterocycles. The summed E-state index contributed by atoms with van der Waals surface area (Å²) >= 11 is 0. The maximum Gasteiger partial charge on any atom is 0.238 e. The Labute approximate surface area is 148 Å². The third-order valence-corrected chi connectivity index (χ3v) is 4.63. The summed E-state index contributed by atoms with van der Waals surface area (Å²) in [5.41, 5.74) is 4.65. The fourth-order valence-electron chi connectivity index (χ4n) is 3.08. The lowest BCUT2D eigenvalue weighted by molar-refractivity contribution is -0.117. The standard InChI is InChI=1S/C19H26N4O2/c1-13-4-6-17(7-5-13)23-15(3)19(14(2)21-23)20-18(25)12-22(10-11-24)16-8-9-16/h4-7,16,24H,8-12H2,1-3H3,(H,20,25). The first-order chi connectivity index (χ1) is 12.0. The van der Waals surface area contributed by atoms with Crippen molar-refractivity contribution in [2.75, 3.05) is 25.0 Å². The molecule has 0 bridgehead atoms. The molecule has 3 rings (SSSR count). The zero-order valence-corrected chi connectivity index (χ0v) is 15.1. The first-order valence-corrected chi connectivity index (χ1v) is 8.77. The van der Waals surface area contributed by atoms with Gasteiger partial charge in [-0.2, -0.15) is 5.10 Å². The quantitative estimate of drug-likeness (QED) is 0.809. The van der Waals surface area contributed by atoms with Crippen LogP contribution in [-0.4, -0.2) is 51.4 Å². The summed E-state index contributed by atoms with van der Waals surface area (Å²) in [4.78, 5) is 14.5. The first-order valence-electron chi connectivity index (χ1n) is 8.77. The van der Waals surface area contributed by atoms with Crippen LogP contribution in [0.2, 0.25) is 0 Å². The lowest BCUT2D eigenvalue weighted by atomic mass is 10.2. The molecule has 6 heteroatoms. The van der Waals surface area contributed by atoms with E-state index in [1.54, 1.807) is 0 Å². The minimum Gasteiger partial charge on any atom is -0.395 e. The molecule has 1 saturated carbocycles. The van der Waals surface area contributed by atoms with Gasteiger partial charge in [-0.3, -0.25) is 9.69 Å². The van der Waals surface area contributed by atoms with Gasteiger partial charge in [0.25, 0.3) is 0 Å². The Morgan fingerprint density at radius 3 is 2.56 bits per heavy atom. The minimum absolute atomic E-state index is 0.0602. The number of carbonyl (C=O) groups excluding carboxylic acids is 1. The normalized spacial score (nSPS) is 14.1. The van der Waals surface area contributed by atoms with Crippen molar-refractivity contribution >= 4 is 11.6 Å². The largest absolute Gasteiger partial charge is 0.395 e. The predicted molar refractivity (Wildman–Crippen MR) is 98.1 cm³/mol. The number of benzene rings is 1. The number of carbonyl (C=O) groups is 1. The minimum atomic E-state index is -0.0602. The summed E-state index contributed by atoms with van der Waals surface area (Å²) in [6, 6.07) is 8.58. The van der Waals surface area contributed by atoms with E-state index in [0.717, 1.165) is 35.6 Å². The molecule has 134 valence electrons. The molecule has 25 heavy (non-hydrogen) atoms. The van der Waals surface area contributed by atoms with Crippen molar-refractivity contribution in [3.8, 4) is 5.69 Å². The molecule has 1 aromatic heterocycles. The van der Waals surface area contributed by atoms with Crippen molar-refractivity contribution < 1.29 is 9.90 Å². The van der Waals surface area contributed by atoms with Gasteiger partial charge in [0.1, 0.15) is 0 Å². The van der Waals surface area contributed by atoms with Crippen molar-refractivity contribution in [3.05, 3.63) is 41.2 Å². The fraction of sp³-hybridized carbons (Fsp3) is 0.474. The number of aliphatic hydroxyl groups excluding tert-OH is 1. The van der Waals surface area contributed by atoms with Crippen molar-refractivity contribution in [1.29, 1.82) is 0 Å². The van der Waals surface area contributed by atoms with E-state index in [-0.39, 0.29) is 12.5 Å². The Balaban J connectivity index is 1.74. The second-order valence-corrected chi connectivity index (χ2v) is 6.77. The maximum absolute atomic E-state index is 12.5. The molecule has 2 aromatic rings. The Morgan fingerprint density at radius 2 is 1.96 bits per heavy atom. The summed E-state index contributed by atoms with van der Waals surface area (Å²) < 4.78 is 1.86. The lowest BCUT2D eigenvalue weighted by Gasteiger charge is -2.20. The zero-order chi connectivity index (χ0) is 18.0. The van der Waals surface area contributed by atoms with E-state index in [1.807, 2.05) is 47.7 Å². The first kappa shape index (κ1) is 17.6. The van der Waals surface area contributed by atoms with Crippen LogP contribution < -0.4 is 5.32 Å². The molecule has 1 fully saturated rings. The fourth-order valence-corrected chi connectivity index (χ4v) is 3.08. The molecule has 0 radical (unpaired) electrons. The Kier molecular flexibility index (Phi) is 5.20. The van der Waals surface area contributed by atoms with Gasteiger partial charge in [-0.25, -0.2) is 4.68 Å². The molecule has 1 amide bonds. The predicted octanol–water partition coefficient (Wildman–Crippen LogP) is 2.19. The van der Waals surface area contributed by atoms with E-state index < -0.39 is 0 Å². The van der Waals surface area contributed by atoms with E-state index in [1.165, 1.54) is 5.56 Å². The van der Waals surface area contributed by atoms with Crippen LogP contribution in [0.25, 0.3) is 5.69 Å². The van der Waals surface area contributed by atoms with E-state index >= 15 is 0 Å². The van der Waals surface area contributed by atoms with Crippen molar-refractivity contribution in [2.45, 2.75) is 39.7 Å². The zero-order valence-electron chi connectivity index (χ0n) is 15.1. The molecule has 0 saturated heterocycles. The molecular formula is C19H26N4O2. The van der Waals surface area contributed by atoms with Crippen molar-refractivity contribution in [3.63, 3.8) is 0 Å². The van der Waals surface area contributed by atoms with Crippen LogP contribution in [0.5, 0.6) is 0 Å². The SMILES string of the molecule is Cc1ccc(-n2nc(C)c(NC(=O)CN(CCO)C3CC3)c2C)cc1. The molecule has 2 N–H and O–H groups in total. The highest BCUT2D eigenvalue weighted by Crippen LogP contribution is 2.27. The number of aromatic nitrogens is 2. The molecule has 0 atom stereocenters. The van der Waals surface area contributed by atoms with Gasteiger partial charge in [0.15, 0.2) is 0 Å². The highest BCUT2D eigenvalue weighted by atomic mass is 16.3. The molecular weight excluding hydrogens is 316 g/mol. The second-order valence-electron chi connectivity index (χ2n) is 6.77. The second kappa shape index (κ2) is 7.37. The molecule has 0 spiro atoms. The summed E-state index contributed by atoms with van der Waals surface area (Å²) in [5, 5.41) is 16.7. The molecule has 1 heterocycles. The number of aliphatic hydroxyl groups is 1. The number of nitrogens with zero attached hydrogens (tertiary/aromatic N) is 3. The van der Waals surface area contributed by atoms with E-state index in [9.17, 15) is 4.79 Å². The summed E-state index contributed by atoms with van der Waals surface area (Å²) in [6.45, 7) is 6.84. The van der Waals surface area contributed by atoms with Gasteiger partial charge < -0.3 is 10.4 Å². The summed E-state index contributed by atoms with van der Waals surface area (Å²) in [6.07, 6.45) is 2.22. The van der Waals surface area contributed by atoms with Gasteiger partial charge in [0, 0.05) is 12.6 Å². The van der Waals surface area contributed by atoms with Gasteiger partial charge in [0.05, 0.1) is 35.9 Å². The number of nitrogens with one attached hydrogen (secondary N) is 1. The highest BCUT2D eigenvalue weighted by Gasteiger charge is 2.30. The van der Waals surface area contributed by atoms with Crippen LogP contribution in [0.3, 0.4) is 0 Å². The number of aryl methyl sites for hydroxylation is 2. The Hall–Kier alpha value is -2.18. The van der Waals surface area contributed by atoms with Crippen LogP contribution in [0.4, 0.5) is 5.69 Å². The van der Waals surface area contributed by atoms with Crippen molar-refractivity contribution in [2.24, 2.45) is 0 Å². The van der Waals surface area contributed by atoms with Crippen molar-refractivity contribution in [1.82, 2.24) is 14.7 Å². The number of amides is 1. The van der Waals surface area contributed by atoms with Gasteiger partial charge in [-0.05, 0) is 45.7 Å². The maximum atomic E-state index is 12.5. The van der Waals surface area contributed by atoms with Crippen LogP contribution >= 0.6 is 0 Å². The molecule has 1 aliphatic rings. The number of rotatable bonds is 7. The summed E-state index contributed by atoms with van der Waals surface area (Å²) in [5.74, 6) is -0.0602. The lowest BCUT2D eigenvalue weighted by Crippen LogP contribution is -2.37. The van der Waals surface area contributed by atoms with Crippen LogP contribution in [0, 0.1) is 20.8 Å². The number of hydrogen-bond donors (Lipinski definition) is 2. The topological polar surface area (TPSA) is 70.4 Å². The average molecular weight is 342 g/mol. The van der Waals surface area contributed by atoms with Gasteiger partial charge >= 0.3 is 0 Å². The van der Waals surface area contributed by atoms with Crippen LogP contribution in [0.15, 0.2) is 24.3 Å². The third-order valence-electron chi connectivity index (χ3n) is 4.63. The van der Waals surface area contributed by atoms with E-state index in [0.29, 0.717) is 19.1 Å². The van der Waals surface area contributed by atoms with Gasteiger partial charge in [-0.1, -0.05) is 17.7 Å². The van der Waals surface area contributed by atoms with Gasteiger partial charge in [-0.15, -0.1) is 0 Å². The molecule has 0 unspecified atom stereocenters. The van der Waals surface area contributed by atoms with E-state index in [2.05, 4.69) is 17.3 Å². The molecule has 6 nitrogen and oxygen atoms in total. The highest BCUT2D eigenvalue weighted by molar-refractivity contribution is 5.93. The smallest absolute Gasteiger partial charge is 0.238 e. The Bertz CT molecular complexity index is 748. The van der Waals surface area contributed by atoms with Gasteiger partial charge in [0.2, 0.25) is 5.91 Å². The van der Waals surface area contributed by atoms with Crippen LogP contribution in [-0.2, 0) is 4.79 Å². The Morgan fingerprint density at radius 1 is 1.28 bits per heavy atom. The number of hydrogen-bond acceptors (Lipinski definition) is 4. The molecule has 1 aliphatic carbocycles. The third kappa shape index (κ3) is 4.08. The molecule has 1 aromatic carbocycles. The number of anilines is 1. The summed E-state index contributed by atoms with van der Waals surface area (Å²) in [7, 11) is 0.